The van der Waals surface area contributed by atoms with Crippen molar-refractivity contribution in [3.8, 4) is 91.1 Å². The Morgan fingerprint density at radius 1 is 0.247 bits per heavy atom. The van der Waals surface area contributed by atoms with Crippen molar-refractivity contribution in [3.05, 3.63) is 241 Å². The van der Waals surface area contributed by atoms with Crippen LogP contribution in [-0.2, 0) is 0 Å². The maximum atomic E-state index is 8.54. The second-order valence-corrected chi connectivity index (χ2v) is 22.3. The highest BCUT2D eigenvalue weighted by atomic mass is 35.5. The quantitative estimate of drug-likeness (QED) is 0.100. The lowest BCUT2D eigenvalue weighted by Gasteiger charge is -2.16. The van der Waals surface area contributed by atoms with Gasteiger partial charge in [0.05, 0.1) is 0 Å². The van der Waals surface area contributed by atoms with Gasteiger partial charge in [0.1, 0.15) is 0 Å². The Hall–Kier alpha value is -11.2. The first-order valence-corrected chi connectivity index (χ1v) is 30.0. The molecule has 2 N–H and O–H groups in total. The van der Waals surface area contributed by atoms with Crippen LogP contribution in [0.15, 0.2) is 220 Å². The summed E-state index contributed by atoms with van der Waals surface area (Å²) in [5.41, 5.74) is 6.99. The number of pyridine rings is 5. The topological polar surface area (TPSA) is 260 Å². The monoisotopic (exact) mass is 1290 g/mol. The molecule has 19 nitrogen and oxygen atoms in total. The fraction of sp³-hybridized carbons (Fsp3) is 0. The Morgan fingerprint density at radius 3 is 0.731 bits per heavy atom. The molecule has 0 bridgehead atoms. The molecule has 9 heterocycles. The molecule has 0 amide bonds. The molecule has 0 aliphatic carbocycles. The average Bonchev–Trinajstić information content (AvgIpc) is 0.736. The molecular formula is C69H38BCl4N17O2. The summed E-state index contributed by atoms with van der Waals surface area (Å²) < 4.78 is 0. The minimum Gasteiger partial charge on any atom is -0.423 e. The van der Waals surface area contributed by atoms with Crippen molar-refractivity contribution in [3.63, 3.8) is 0 Å². The average molecular weight is 1290 g/mol. The second kappa shape index (κ2) is 24.9. The van der Waals surface area contributed by atoms with Crippen LogP contribution < -0.4 is 5.46 Å². The molecule has 0 spiro atoms. The number of aromatic nitrogens is 17. The normalized spacial score (nSPS) is 11.3. The van der Waals surface area contributed by atoms with E-state index in [-0.39, 0.29) is 21.1 Å². The SMILES string of the molecule is Clc1nc(Cl)nc(-c2ccc3ccc4c(-c5nc(Cl)nc(Cl)n5)ccc5ccc2c3c54)n1.OB(O)c1cccnc1.c1cncc(-c2nc(-c3cccnc3)nc(-c3ccc4ccc5c(-c6nc(-c7cccnc7)nc(-c7cccnc7)n6)ccc6ccc3c4c65)n2)c1. The number of nitrogens with zero attached hydrogens (tertiary/aromatic N) is 17. The van der Waals surface area contributed by atoms with Crippen LogP contribution in [0.4, 0.5) is 0 Å². The zero-order chi connectivity index (χ0) is 63.1. The predicted molar refractivity (Wildman–Crippen MR) is 363 cm³/mol. The molecule has 93 heavy (non-hydrogen) atoms. The molecule has 24 heteroatoms. The van der Waals surface area contributed by atoms with Gasteiger partial charge in [0.15, 0.2) is 46.6 Å². The van der Waals surface area contributed by atoms with Crippen LogP contribution in [0, 0.1) is 0 Å². The molecule has 9 aromatic heterocycles. The summed E-state index contributed by atoms with van der Waals surface area (Å²) in [6.07, 6.45) is 17.0. The van der Waals surface area contributed by atoms with Crippen molar-refractivity contribution in [2.24, 2.45) is 0 Å². The second-order valence-electron chi connectivity index (χ2n) is 20.9. The standard InChI is InChI=1S/C42H24N10.C22H8Cl4N6.C5H6BNO2/c1-5-27(21-43-17-1)37-47-38(28-6-2-18-44-22-28)50-41(49-37)33-15-11-25-10-14-32-34(16-12-26-9-13-31(33)35(25)36(26)32)42-51-39(29-7-3-19-45-23-29)48-40(52-42)30-8-4-20-46-24-30;23-19-27-17(28-20(24)31-19)13-8-4-10-2-6-12-14(18-29-21(25)32-22(26)30-18)7-3-9-1-5-11(13)16(10)15(9)12;8-6(9)5-2-1-3-7-4-5/h1-24H;1-8H;1-4,8-9H. The molecule has 0 aliphatic heterocycles. The van der Waals surface area contributed by atoms with Crippen molar-refractivity contribution in [1.82, 2.24) is 84.7 Å². The van der Waals surface area contributed by atoms with Gasteiger partial charge >= 0.3 is 7.12 Å². The summed E-state index contributed by atoms with van der Waals surface area (Å²) in [7, 11) is -1.40. The molecule has 17 aromatic rings. The predicted octanol–water partition coefficient (Wildman–Crippen LogP) is 14.2. The molecule has 8 aromatic carbocycles. The van der Waals surface area contributed by atoms with Crippen molar-refractivity contribution in [2.45, 2.75) is 0 Å². The van der Waals surface area contributed by atoms with Crippen molar-refractivity contribution < 1.29 is 10.0 Å². The van der Waals surface area contributed by atoms with Crippen LogP contribution in [0.1, 0.15) is 0 Å². The number of benzene rings is 8. The van der Waals surface area contributed by atoms with Crippen LogP contribution in [-0.4, -0.2) is 102 Å². The fourth-order valence-electron chi connectivity index (χ4n) is 11.3. The number of halogens is 4. The van der Waals surface area contributed by atoms with Gasteiger partial charge in [-0.15, -0.1) is 0 Å². The van der Waals surface area contributed by atoms with Crippen LogP contribution in [0.25, 0.3) is 156 Å². The van der Waals surface area contributed by atoms with Gasteiger partial charge in [0.2, 0.25) is 21.1 Å². The molecule has 0 unspecified atom stereocenters. The summed E-state index contributed by atoms with van der Waals surface area (Å²) in [5, 5.41) is 29.9. The Morgan fingerprint density at radius 2 is 0.495 bits per heavy atom. The van der Waals surface area contributed by atoms with Crippen LogP contribution >= 0.6 is 46.4 Å². The van der Waals surface area contributed by atoms with Crippen molar-refractivity contribution in [1.29, 1.82) is 0 Å². The Bertz CT molecular complexity index is 5150. The highest BCUT2D eigenvalue weighted by molar-refractivity contribution is 6.58. The first-order valence-electron chi connectivity index (χ1n) is 28.5. The van der Waals surface area contributed by atoms with Crippen LogP contribution in [0.2, 0.25) is 21.1 Å². The van der Waals surface area contributed by atoms with E-state index < -0.39 is 7.12 Å². The third-order valence-electron chi connectivity index (χ3n) is 15.4. The van der Waals surface area contributed by atoms with E-state index in [1.807, 2.05) is 84.9 Å². The van der Waals surface area contributed by atoms with E-state index >= 15 is 0 Å². The Balaban J connectivity index is 0.000000147. The Kier molecular flexibility index (Phi) is 15.6. The number of hydrogen-bond acceptors (Lipinski definition) is 19. The van der Waals surface area contributed by atoms with Gasteiger partial charge in [0, 0.05) is 112 Å². The van der Waals surface area contributed by atoms with E-state index in [1.165, 1.54) is 6.20 Å². The van der Waals surface area contributed by atoms with E-state index in [9.17, 15) is 0 Å². The van der Waals surface area contributed by atoms with E-state index in [2.05, 4.69) is 115 Å². The van der Waals surface area contributed by atoms with Gasteiger partial charge in [-0.2, -0.15) is 29.9 Å². The molecule has 442 valence electrons. The largest absolute Gasteiger partial charge is 0.490 e. The summed E-state index contributed by atoms with van der Waals surface area (Å²) in [6.45, 7) is 0. The maximum Gasteiger partial charge on any atom is 0.490 e. The molecule has 0 atom stereocenters. The van der Waals surface area contributed by atoms with Crippen molar-refractivity contribution >= 4 is 124 Å². The van der Waals surface area contributed by atoms with E-state index in [0.29, 0.717) is 52.1 Å². The first-order chi connectivity index (χ1) is 45.5. The lowest BCUT2D eigenvalue weighted by molar-refractivity contribution is 0.425. The zero-order valence-electron chi connectivity index (χ0n) is 47.9. The first kappa shape index (κ1) is 58.2. The molecule has 0 saturated carbocycles. The molecule has 0 aliphatic rings. The summed E-state index contributed by atoms with van der Waals surface area (Å²) in [6, 6.07) is 51.7. The third kappa shape index (κ3) is 11.5. The van der Waals surface area contributed by atoms with Crippen LogP contribution in [0.3, 0.4) is 0 Å². The highest BCUT2D eigenvalue weighted by Gasteiger charge is 2.23. The lowest BCUT2D eigenvalue weighted by atomic mass is 9.82. The smallest absolute Gasteiger partial charge is 0.423 e. The molecule has 0 radical (unpaired) electrons. The van der Waals surface area contributed by atoms with Crippen molar-refractivity contribution in [2.75, 3.05) is 0 Å². The van der Waals surface area contributed by atoms with Gasteiger partial charge in [-0.25, -0.2) is 29.9 Å². The van der Waals surface area contributed by atoms with Gasteiger partial charge in [0.25, 0.3) is 0 Å². The number of rotatable bonds is 9. The minimum atomic E-state index is -1.40. The van der Waals surface area contributed by atoms with Gasteiger partial charge in [-0.1, -0.05) is 78.9 Å². The molecular weight excluding hydrogens is 1250 g/mol. The zero-order valence-corrected chi connectivity index (χ0v) is 50.9. The third-order valence-corrected chi connectivity index (χ3v) is 16.1. The van der Waals surface area contributed by atoms with Crippen LogP contribution in [0.5, 0.6) is 0 Å². The summed E-state index contributed by atoms with van der Waals surface area (Å²) in [4.78, 5) is 75.4. The van der Waals surface area contributed by atoms with E-state index in [0.717, 1.165) is 109 Å². The molecule has 17 rings (SSSR count). The minimum absolute atomic E-state index is 0.0385. The molecule has 0 saturated heterocycles. The fourth-order valence-corrected chi connectivity index (χ4v) is 12.0. The van der Waals surface area contributed by atoms with Gasteiger partial charge in [-0.05, 0) is 190 Å². The Labute approximate surface area is 546 Å². The summed E-state index contributed by atoms with van der Waals surface area (Å²) in [5.74, 6) is 4.08. The molecule has 0 fully saturated rings. The van der Waals surface area contributed by atoms with E-state index in [4.69, 9.17) is 86.4 Å². The maximum absolute atomic E-state index is 8.54. The lowest BCUT2D eigenvalue weighted by Crippen LogP contribution is -2.29. The van der Waals surface area contributed by atoms with Gasteiger partial charge < -0.3 is 10.0 Å². The highest BCUT2D eigenvalue weighted by Crippen LogP contribution is 2.44. The van der Waals surface area contributed by atoms with Gasteiger partial charge in [-0.3, -0.25) is 24.9 Å². The number of hydrogen-bond donors (Lipinski definition) is 2. The van der Waals surface area contributed by atoms with E-state index in [1.54, 1.807) is 67.9 Å². The summed E-state index contributed by atoms with van der Waals surface area (Å²) >= 11 is 24.1.